The summed E-state index contributed by atoms with van der Waals surface area (Å²) in [5.74, 6) is 1.37. The zero-order valence-corrected chi connectivity index (χ0v) is 12.7. The Bertz CT molecular complexity index is 954. The molecule has 0 unspecified atom stereocenters. The van der Waals surface area contributed by atoms with E-state index >= 15 is 0 Å². The minimum Gasteiger partial charge on any atom is -0.438 e. The smallest absolute Gasteiger partial charge is 0.416 e. The van der Waals surface area contributed by atoms with Crippen LogP contribution in [0.2, 0.25) is 0 Å². The van der Waals surface area contributed by atoms with Crippen molar-refractivity contribution in [2.75, 3.05) is 0 Å². The van der Waals surface area contributed by atoms with Crippen LogP contribution in [0.3, 0.4) is 0 Å². The fourth-order valence-electron chi connectivity index (χ4n) is 2.84. The Morgan fingerprint density at radius 2 is 1.91 bits per heavy atom. The molecule has 23 heavy (non-hydrogen) atoms. The van der Waals surface area contributed by atoms with Crippen LogP contribution >= 0.6 is 12.2 Å². The number of hydrogen-bond acceptors (Lipinski definition) is 3. The maximum Gasteiger partial charge on any atom is 0.416 e. The van der Waals surface area contributed by atoms with Crippen LogP contribution in [0.15, 0.2) is 34.7 Å². The van der Waals surface area contributed by atoms with Gasteiger partial charge in [0.15, 0.2) is 0 Å². The number of aryl methyl sites for hydroxylation is 1. The summed E-state index contributed by atoms with van der Waals surface area (Å²) in [4.78, 5) is 4.47. The van der Waals surface area contributed by atoms with Crippen LogP contribution in [0.4, 0.5) is 13.2 Å². The van der Waals surface area contributed by atoms with Gasteiger partial charge in [-0.15, -0.1) is 0 Å². The SMILES string of the molecule is FC(F)(F)c1ccc(-c2cc3c(=S)n4c(nc3o2)CCC4)cc1. The van der Waals surface area contributed by atoms with Crippen molar-refractivity contribution in [1.29, 1.82) is 0 Å². The summed E-state index contributed by atoms with van der Waals surface area (Å²) < 4.78 is 46.3. The molecule has 0 saturated heterocycles. The number of hydrogen-bond donors (Lipinski definition) is 0. The Hall–Kier alpha value is -2.15. The molecule has 0 aliphatic carbocycles. The average Bonchev–Trinajstić information content (AvgIpc) is 3.13. The zero-order valence-electron chi connectivity index (χ0n) is 11.9. The van der Waals surface area contributed by atoms with Gasteiger partial charge in [0.1, 0.15) is 16.2 Å². The van der Waals surface area contributed by atoms with Gasteiger partial charge in [0.25, 0.3) is 0 Å². The van der Waals surface area contributed by atoms with E-state index in [-0.39, 0.29) is 0 Å². The van der Waals surface area contributed by atoms with E-state index in [1.807, 2.05) is 4.57 Å². The third-order valence-corrected chi connectivity index (χ3v) is 4.45. The molecule has 0 radical (unpaired) electrons. The summed E-state index contributed by atoms with van der Waals surface area (Å²) in [5.41, 5.74) is 0.322. The quantitative estimate of drug-likeness (QED) is 0.587. The molecule has 118 valence electrons. The van der Waals surface area contributed by atoms with E-state index in [1.165, 1.54) is 12.1 Å². The topological polar surface area (TPSA) is 31.0 Å². The number of nitrogens with zero attached hydrogens (tertiary/aromatic N) is 2. The highest BCUT2D eigenvalue weighted by Gasteiger charge is 2.30. The molecule has 0 amide bonds. The van der Waals surface area contributed by atoms with E-state index in [0.29, 0.717) is 21.7 Å². The maximum atomic E-state index is 12.6. The highest BCUT2D eigenvalue weighted by atomic mass is 32.1. The number of alkyl halides is 3. The third kappa shape index (κ3) is 2.35. The lowest BCUT2D eigenvalue weighted by atomic mass is 10.1. The lowest BCUT2D eigenvalue weighted by Gasteiger charge is -2.06. The fourth-order valence-corrected chi connectivity index (χ4v) is 3.18. The number of furan rings is 1. The zero-order chi connectivity index (χ0) is 16.2. The summed E-state index contributed by atoms with van der Waals surface area (Å²) in [5, 5.41) is 0.723. The number of aromatic nitrogens is 2. The Balaban J connectivity index is 1.81. The number of fused-ring (bicyclic) bond motifs is 2. The summed E-state index contributed by atoms with van der Waals surface area (Å²) >= 11 is 5.47. The predicted molar refractivity (Wildman–Crippen MR) is 81.6 cm³/mol. The van der Waals surface area contributed by atoms with Gasteiger partial charge in [0.05, 0.1) is 10.9 Å². The van der Waals surface area contributed by atoms with Crippen molar-refractivity contribution >= 4 is 23.3 Å². The molecule has 2 aromatic heterocycles. The van der Waals surface area contributed by atoms with Gasteiger partial charge in [-0.25, -0.2) is 0 Å². The summed E-state index contributed by atoms with van der Waals surface area (Å²) in [7, 11) is 0. The van der Waals surface area contributed by atoms with Crippen molar-refractivity contribution in [3.8, 4) is 11.3 Å². The van der Waals surface area contributed by atoms with Crippen LogP contribution in [0, 0.1) is 4.64 Å². The van der Waals surface area contributed by atoms with E-state index in [2.05, 4.69) is 4.98 Å². The monoisotopic (exact) mass is 336 g/mol. The van der Waals surface area contributed by atoms with Crippen molar-refractivity contribution in [2.45, 2.75) is 25.6 Å². The molecule has 0 N–H and O–H groups in total. The summed E-state index contributed by atoms with van der Waals surface area (Å²) in [6.45, 7) is 0.845. The van der Waals surface area contributed by atoms with Crippen molar-refractivity contribution in [3.63, 3.8) is 0 Å². The summed E-state index contributed by atoms with van der Waals surface area (Å²) in [6, 6.07) is 6.62. The van der Waals surface area contributed by atoms with Gasteiger partial charge in [-0.3, -0.25) is 0 Å². The van der Waals surface area contributed by atoms with Crippen molar-refractivity contribution < 1.29 is 17.6 Å². The summed E-state index contributed by atoms with van der Waals surface area (Å²) in [6.07, 6.45) is -2.48. The molecule has 0 bridgehead atoms. The van der Waals surface area contributed by atoms with Crippen LogP contribution in [0.25, 0.3) is 22.4 Å². The van der Waals surface area contributed by atoms with Gasteiger partial charge < -0.3 is 8.98 Å². The number of halogens is 3. The molecule has 7 heteroatoms. The predicted octanol–water partition coefficient (Wildman–Crippen LogP) is 4.99. The first-order chi connectivity index (χ1) is 10.9. The molecule has 3 nitrogen and oxygen atoms in total. The molecular weight excluding hydrogens is 325 g/mol. The molecule has 4 rings (SSSR count). The first kappa shape index (κ1) is 14.4. The third-order valence-electron chi connectivity index (χ3n) is 4.01. The molecule has 0 spiro atoms. The largest absolute Gasteiger partial charge is 0.438 e. The molecule has 0 atom stereocenters. The van der Waals surface area contributed by atoms with E-state index in [1.54, 1.807) is 6.07 Å². The molecule has 1 aliphatic rings. The van der Waals surface area contributed by atoms with Crippen molar-refractivity contribution in [3.05, 3.63) is 46.4 Å². The van der Waals surface area contributed by atoms with E-state index in [9.17, 15) is 13.2 Å². The highest BCUT2D eigenvalue weighted by molar-refractivity contribution is 7.71. The van der Waals surface area contributed by atoms with Gasteiger partial charge in [0.2, 0.25) is 5.71 Å². The van der Waals surface area contributed by atoms with Crippen LogP contribution < -0.4 is 0 Å². The highest BCUT2D eigenvalue weighted by Crippen LogP contribution is 2.33. The Morgan fingerprint density at radius 3 is 2.61 bits per heavy atom. The van der Waals surface area contributed by atoms with Crippen LogP contribution in [0.5, 0.6) is 0 Å². The first-order valence-corrected chi connectivity index (χ1v) is 7.55. The molecule has 3 aromatic rings. The van der Waals surface area contributed by atoms with E-state index < -0.39 is 11.7 Å². The van der Waals surface area contributed by atoms with Gasteiger partial charge in [0, 0.05) is 18.5 Å². The fraction of sp³-hybridized carbons (Fsp3) is 0.250. The standard InChI is InChI=1S/C16H11F3N2OS/c17-16(18,19)10-5-3-9(4-6-10)12-8-11-14(22-12)20-13-2-1-7-21(13)15(11)23/h3-6,8H,1-2,7H2. The van der Waals surface area contributed by atoms with Gasteiger partial charge >= 0.3 is 6.18 Å². The Morgan fingerprint density at radius 1 is 1.17 bits per heavy atom. The Kier molecular flexibility index (Phi) is 3.09. The molecule has 1 aromatic carbocycles. The normalized spacial score (nSPS) is 14.4. The molecular formula is C16H11F3N2OS. The second-order valence-electron chi connectivity index (χ2n) is 5.49. The van der Waals surface area contributed by atoms with Crippen LogP contribution in [-0.2, 0) is 19.1 Å². The second-order valence-corrected chi connectivity index (χ2v) is 5.88. The average molecular weight is 336 g/mol. The van der Waals surface area contributed by atoms with Crippen LogP contribution in [0.1, 0.15) is 17.8 Å². The maximum absolute atomic E-state index is 12.6. The van der Waals surface area contributed by atoms with Crippen LogP contribution in [-0.4, -0.2) is 9.55 Å². The van der Waals surface area contributed by atoms with E-state index in [0.717, 1.165) is 42.7 Å². The van der Waals surface area contributed by atoms with Gasteiger partial charge in [-0.2, -0.15) is 18.2 Å². The first-order valence-electron chi connectivity index (χ1n) is 7.14. The molecule has 0 fully saturated rings. The second kappa shape index (κ2) is 4.92. The lowest BCUT2D eigenvalue weighted by Crippen LogP contribution is -2.03. The van der Waals surface area contributed by atoms with Crippen molar-refractivity contribution in [2.24, 2.45) is 0 Å². The number of benzene rings is 1. The molecule has 3 heterocycles. The lowest BCUT2D eigenvalue weighted by molar-refractivity contribution is -0.137. The van der Waals surface area contributed by atoms with Gasteiger partial charge in [-0.05, 0) is 24.6 Å². The molecule has 1 aliphatic heterocycles. The van der Waals surface area contributed by atoms with E-state index in [4.69, 9.17) is 16.6 Å². The minimum absolute atomic E-state index is 0.443. The van der Waals surface area contributed by atoms with Crippen molar-refractivity contribution in [1.82, 2.24) is 9.55 Å². The van der Waals surface area contributed by atoms with Gasteiger partial charge in [-0.1, -0.05) is 24.4 Å². The molecule has 0 saturated carbocycles. The minimum atomic E-state index is -4.35. The number of rotatable bonds is 1. The Labute approximate surface area is 134 Å².